The molecule has 0 heterocycles. The zero-order valence-electron chi connectivity index (χ0n) is 77.0. The largest absolute Gasteiger partial charge is 0.966 e. The van der Waals surface area contributed by atoms with Crippen molar-refractivity contribution < 1.29 is 88.5 Å². The van der Waals surface area contributed by atoms with Gasteiger partial charge in [0.05, 0.1) is 52.9 Å². The first-order chi connectivity index (χ1) is 62.7. The predicted molar refractivity (Wildman–Crippen MR) is 525 cm³/mol. The Morgan fingerprint density at radius 3 is 0.580 bits per heavy atom. The third-order valence-corrected chi connectivity index (χ3v) is 28.1. The van der Waals surface area contributed by atoms with Crippen LogP contribution in [0.1, 0.15) is 83.1 Å². The van der Waals surface area contributed by atoms with Gasteiger partial charge >= 0.3 is 45.2 Å². The molecule has 0 aliphatic rings. The molecule has 0 aromatic heterocycles. The molecule has 0 radical (unpaired) electrons. The van der Waals surface area contributed by atoms with Crippen molar-refractivity contribution in [3.63, 3.8) is 0 Å². The molecule has 0 spiro atoms. The maximum Gasteiger partial charge on any atom is 0.966 e. The van der Waals surface area contributed by atoms with Gasteiger partial charge in [-0.25, -0.2) is 0 Å². The summed E-state index contributed by atoms with van der Waals surface area (Å²) >= 11 is 0. The van der Waals surface area contributed by atoms with Crippen LogP contribution in [-0.4, -0.2) is 162 Å². The maximum atomic E-state index is 6.34. The lowest BCUT2D eigenvalue weighted by atomic mass is 10.1. The number of hydrogen-bond donors (Lipinski definition) is 14. The highest BCUT2D eigenvalue weighted by atomic mass is 28.4. The van der Waals surface area contributed by atoms with Crippen LogP contribution in [0, 0.1) is 33.6 Å². The van der Waals surface area contributed by atoms with Gasteiger partial charge in [-0.3, -0.25) is 0 Å². The summed E-state index contributed by atoms with van der Waals surface area (Å²) in [5.41, 5.74) is 88.7. The van der Waals surface area contributed by atoms with E-state index in [1.807, 2.05) is 152 Å². The zero-order chi connectivity index (χ0) is 95.7. The molecule has 0 amide bonds. The minimum Gasteiger partial charge on any atom is -0.471 e. The number of benzene rings is 10. The third-order valence-electron chi connectivity index (χ3n) is 17.9. The number of nitrogen functional groups attached to an aromatic ring is 6. The van der Waals surface area contributed by atoms with Crippen LogP contribution in [0.3, 0.4) is 0 Å². The van der Waals surface area contributed by atoms with Gasteiger partial charge in [-0.1, -0.05) is 105 Å². The van der Waals surface area contributed by atoms with E-state index in [1.165, 1.54) is 0 Å². The van der Waals surface area contributed by atoms with Crippen molar-refractivity contribution in [2.75, 3.05) is 127 Å². The van der Waals surface area contributed by atoms with Crippen molar-refractivity contribution in [2.45, 2.75) is 113 Å². The predicted octanol–water partition coefficient (Wildman–Crippen LogP) is 11.5. The van der Waals surface area contributed by atoms with Crippen molar-refractivity contribution in [1.29, 1.82) is 0 Å². The quantitative estimate of drug-likeness (QED) is 0.0124. The van der Waals surface area contributed by atoms with Crippen LogP contribution >= 0.6 is 0 Å². The number of hydrogen-bond acceptors (Lipinski definition) is 34. The summed E-state index contributed by atoms with van der Waals surface area (Å²) in [6.07, 6.45) is 2.68. The summed E-state index contributed by atoms with van der Waals surface area (Å²) in [7, 11) is -16.3. The van der Waals surface area contributed by atoms with Gasteiger partial charge < -0.3 is 169 Å². The summed E-state index contributed by atoms with van der Waals surface area (Å²) in [5, 5.41) is 0. The van der Waals surface area contributed by atoms with Gasteiger partial charge in [0.15, 0.2) is 0 Å². The number of nitrogens with two attached hydrogens (primary N) is 14. The first kappa shape index (κ1) is 109. The van der Waals surface area contributed by atoms with Crippen molar-refractivity contribution in [1.82, 2.24) is 0 Å². The topological polar surface area (TPSA) is 549 Å². The minimum atomic E-state index is -3.95. The van der Waals surface area contributed by atoms with Crippen LogP contribution < -0.4 is 125 Å². The fraction of sp³-hybridized carbons (Fsp3) is 0.348. The van der Waals surface area contributed by atoms with E-state index in [4.69, 9.17) is 169 Å². The van der Waals surface area contributed by atoms with E-state index in [0.717, 1.165) is 41.5 Å². The van der Waals surface area contributed by atoms with Gasteiger partial charge in [0.2, 0.25) is 0 Å². The molecular weight excluding hydrogens is 1760 g/mol. The van der Waals surface area contributed by atoms with Crippen molar-refractivity contribution in [3.05, 3.63) is 265 Å². The van der Waals surface area contributed by atoms with E-state index in [1.54, 1.807) is 153 Å². The van der Waals surface area contributed by atoms with Crippen LogP contribution in [0.25, 0.3) is 0 Å². The highest BCUT2D eigenvalue weighted by molar-refractivity contribution is 6.57. The molecule has 10 aromatic carbocycles. The lowest BCUT2D eigenvalue weighted by Gasteiger charge is -2.29. The summed E-state index contributed by atoms with van der Waals surface area (Å²) in [6.45, 7) is 23.8. The Kier molecular flexibility index (Phi) is 48.0. The standard InChI is InChI=1S/C25H25N3O4Si.C19H29N3O4Si.2C17H25N3O4Si.C14H34N2O4Si/c1-18-2-10-22(11-3-18)29-33(30-23-12-4-19(26)5-13-23,31-24-14-6-20(27)7-15-24)32-25-16-8-21(28)9-17-25;1-14-4-8-18(9-5-14)25-27(23-12-15(2)20,24-13-16(3)21)26-19-10-6-17(22)7-11-19;2*1-14-2-6-16(7-3-14)23-25(21-12-10-18,22-13-11-19)24-17-8-4-15(20)5-9-17;1-6-12(4)9-18-21(17-5,19-10-13(15)7-2)20-11-14(16)8-3/h2-17H,26-28H2,1H3;4-11,15-16H,12-13,20-22H2,1-3H3;2*2-9H,10-13,18-20H2,1H3;12-14H,6-11,15-16H2,1-5H3. The fourth-order valence-corrected chi connectivity index (χ4v) is 20.2. The van der Waals surface area contributed by atoms with E-state index < -0.39 is 45.2 Å². The molecule has 0 aliphatic carbocycles. The molecule has 0 fully saturated rings. The minimum absolute atomic E-state index is 0.0531. The molecule has 0 aliphatic heterocycles. The number of anilines is 6. The highest BCUT2D eigenvalue weighted by Gasteiger charge is 2.59. The Morgan fingerprint density at radius 2 is 0.405 bits per heavy atom. The summed E-state index contributed by atoms with van der Waals surface area (Å²) in [6, 6.07) is 71.2. The maximum absolute atomic E-state index is 6.34. The fourth-order valence-electron chi connectivity index (χ4n) is 10.3. The smallest absolute Gasteiger partial charge is 0.471 e. The van der Waals surface area contributed by atoms with Gasteiger partial charge in [-0.15, -0.1) is 0 Å². The average molecular weight is 1900 g/mol. The van der Waals surface area contributed by atoms with Gasteiger partial charge in [-0.05, 0) is 254 Å². The monoisotopic (exact) mass is 1900 g/mol. The molecule has 5 unspecified atom stereocenters. The molecule has 5 atom stereocenters. The second kappa shape index (κ2) is 57.6. The van der Waals surface area contributed by atoms with Gasteiger partial charge in [0, 0.05) is 98.2 Å². The number of rotatable bonds is 51. The molecular formula is C92H138N14O20Si5. The first-order valence-corrected chi connectivity index (χ1v) is 51.3. The number of aryl methyl sites for hydroxylation is 4. The summed E-state index contributed by atoms with van der Waals surface area (Å²) < 4.78 is 120. The lowest BCUT2D eigenvalue weighted by Crippen LogP contribution is -2.60. The molecule has 34 nitrogen and oxygen atoms in total. The van der Waals surface area contributed by atoms with Crippen LogP contribution in [0.4, 0.5) is 34.1 Å². The Balaban J connectivity index is 0.000000254. The van der Waals surface area contributed by atoms with E-state index in [-0.39, 0.29) is 63.8 Å². The Labute approximate surface area is 777 Å². The van der Waals surface area contributed by atoms with Crippen LogP contribution in [0.15, 0.2) is 243 Å². The Morgan fingerprint density at radius 1 is 0.229 bits per heavy atom. The molecule has 39 heteroatoms. The van der Waals surface area contributed by atoms with Gasteiger partial charge in [0.1, 0.15) is 57.5 Å². The van der Waals surface area contributed by atoms with E-state index in [9.17, 15) is 0 Å². The molecule has 0 bridgehead atoms. The van der Waals surface area contributed by atoms with Gasteiger partial charge in [-0.2, -0.15) is 0 Å². The zero-order valence-corrected chi connectivity index (χ0v) is 82.0. The van der Waals surface area contributed by atoms with Crippen LogP contribution in [0.5, 0.6) is 57.5 Å². The average Bonchev–Trinajstić information content (AvgIpc) is 0.811. The molecule has 28 N–H and O–H groups in total. The van der Waals surface area contributed by atoms with Crippen molar-refractivity contribution in [2.24, 2.45) is 51.8 Å². The van der Waals surface area contributed by atoms with Gasteiger partial charge in [0.25, 0.3) is 0 Å². The normalized spacial score (nSPS) is 13.3. The second-order valence-corrected chi connectivity index (χ2v) is 40.3. The van der Waals surface area contributed by atoms with E-state index >= 15 is 0 Å². The molecule has 0 saturated heterocycles. The Hall–Kier alpha value is -10.6. The summed E-state index contributed by atoms with van der Waals surface area (Å²) in [5.74, 6) is 5.73. The molecule has 10 rings (SSSR count). The third kappa shape index (κ3) is 41.8. The van der Waals surface area contributed by atoms with Crippen LogP contribution in [-0.2, 0) is 44.3 Å². The second-order valence-electron chi connectivity index (χ2n) is 30.3. The first-order valence-electron chi connectivity index (χ1n) is 43.2. The SMILES string of the molecule is CCC(C)CO[Si](OC)(OCC(N)CC)OCC(N)CC.Cc1ccc(O[Si](OCC(C)N)(OCC(C)N)Oc2ccc(N)cc2)cc1.Cc1ccc(O[Si](OCCN)(OCCN)Oc2ccc(N)cc2)cc1.Cc1ccc(O[Si](OCCN)(OCCN)Oc2ccc(N)cc2)cc1.Cc1ccc(O[Si](Oc2ccc(N)cc2)(Oc2ccc(N)cc2)Oc2ccc(N)cc2)cc1. The molecule has 716 valence electrons. The van der Waals surface area contributed by atoms with E-state index in [0.29, 0.717) is 144 Å². The molecule has 131 heavy (non-hydrogen) atoms. The molecule has 0 saturated carbocycles. The van der Waals surface area contributed by atoms with Crippen LogP contribution in [0.2, 0.25) is 0 Å². The van der Waals surface area contributed by atoms with Crippen molar-refractivity contribution >= 4 is 79.4 Å². The lowest BCUT2D eigenvalue weighted by molar-refractivity contribution is -0.0338. The summed E-state index contributed by atoms with van der Waals surface area (Å²) in [4.78, 5) is 0. The Bertz CT molecular complexity index is 4210. The van der Waals surface area contributed by atoms with E-state index in [2.05, 4.69) is 13.8 Å². The van der Waals surface area contributed by atoms with Crippen molar-refractivity contribution in [3.8, 4) is 57.5 Å². The molecule has 10 aromatic rings. The highest BCUT2D eigenvalue weighted by Crippen LogP contribution is 2.32.